The number of unbranched alkanes of at least 4 members (excludes halogenated alkanes) is 1. The zero-order valence-electron chi connectivity index (χ0n) is 35.9. The van der Waals surface area contributed by atoms with Gasteiger partial charge in [-0.15, -0.1) is 0 Å². The fraction of sp³-hybridized carbons (Fsp3) is 0.612. The minimum absolute atomic E-state index is 0.00537. The lowest BCUT2D eigenvalue weighted by Crippen LogP contribution is -2.54. The van der Waals surface area contributed by atoms with E-state index in [-0.39, 0.29) is 43.0 Å². The van der Waals surface area contributed by atoms with Gasteiger partial charge in [0.1, 0.15) is 5.75 Å². The average molecular weight is 817 g/mol. The molecule has 9 N–H and O–H groups in total. The molecule has 1 fully saturated rings. The van der Waals surface area contributed by atoms with Crippen molar-refractivity contribution in [2.45, 2.75) is 179 Å². The molecule has 1 saturated heterocycles. The summed E-state index contributed by atoms with van der Waals surface area (Å²) in [5.74, 6) is 6.26. The lowest BCUT2D eigenvalue weighted by atomic mass is 9.82. The molecule has 2 aromatic rings. The van der Waals surface area contributed by atoms with Crippen molar-refractivity contribution < 1.29 is 40.5 Å². The highest BCUT2D eigenvalue weighted by atomic mass is 16.4. The van der Waals surface area contributed by atoms with Gasteiger partial charge in [0.2, 0.25) is 0 Å². The highest BCUT2D eigenvalue weighted by Gasteiger charge is 2.36. The van der Waals surface area contributed by atoms with Gasteiger partial charge < -0.3 is 46.4 Å². The van der Waals surface area contributed by atoms with Crippen molar-refractivity contribution >= 4 is 5.97 Å². The molecule has 0 aromatic heterocycles. The van der Waals surface area contributed by atoms with Crippen molar-refractivity contribution in [3.05, 3.63) is 88.0 Å². The van der Waals surface area contributed by atoms with Crippen LogP contribution in [-0.2, 0) is 24.1 Å². The molecule has 2 aromatic carbocycles. The maximum atomic E-state index is 12.4. The first-order valence-corrected chi connectivity index (χ1v) is 22.1. The van der Waals surface area contributed by atoms with Gasteiger partial charge in [-0.25, -0.2) is 0 Å². The number of rotatable bonds is 19. The predicted molar refractivity (Wildman–Crippen MR) is 234 cm³/mol. The van der Waals surface area contributed by atoms with Crippen LogP contribution in [0.15, 0.2) is 65.8 Å². The zero-order chi connectivity index (χ0) is 43.0. The van der Waals surface area contributed by atoms with Crippen LogP contribution in [0.4, 0.5) is 0 Å². The Bertz CT molecular complexity index is 1730. The van der Waals surface area contributed by atoms with Crippen LogP contribution in [-0.4, -0.2) is 96.4 Å². The summed E-state index contributed by atoms with van der Waals surface area (Å²) in [5, 5.41) is 83.2. The van der Waals surface area contributed by atoms with E-state index in [0.717, 1.165) is 78.3 Å². The molecule has 2 aliphatic heterocycles. The number of carboxylic acids is 1. The second-order valence-electron chi connectivity index (χ2n) is 17.3. The van der Waals surface area contributed by atoms with E-state index < -0.39 is 48.6 Å². The van der Waals surface area contributed by atoms with Gasteiger partial charge in [0.15, 0.2) is 0 Å². The lowest BCUT2D eigenvalue weighted by Gasteiger charge is -2.38. The topological polar surface area (TPSA) is 183 Å². The van der Waals surface area contributed by atoms with Crippen LogP contribution < -0.4 is 10.6 Å². The Kier molecular flexibility index (Phi) is 19.6. The molecule has 0 aliphatic carbocycles. The van der Waals surface area contributed by atoms with E-state index in [2.05, 4.69) is 48.5 Å². The number of aryl methyl sites for hydroxylation is 2. The number of fused-ring (bicyclic) bond motifs is 1. The molecule has 326 valence electrons. The van der Waals surface area contributed by atoms with Gasteiger partial charge in [-0.1, -0.05) is 93.9 Å². The normalized spacial score (nSPS) is 24.4. The van der Waals surface area contributed by atoms with E-state index in [1.54, 1.807) is 37.3 Å². The minimum Gasteiger partial charge on any atom is -0.508 e. The Labute approximate surface area is 352 Å². The van der Waals surface area contributed by atoms with E-state index in [1.165, 1.54) is 0 Å². The molecule has 10 nitrogen and oxygen atoms in total. The number of aromatic hydroxyl groups is 1. The highest BCUT2D eigenvalue weighted by Crippen LogP contribution is 2.32. The number of hydrogen-bond acceptors (Lipinski definition) is 9. The largest absolute Gasteiger partial charge is 0.508 e. The smallest absolute Gasteiger partial charge is 0.303 e. The van der Waals surface area contributed by atoms with Crippen molar-refractivity contribution in [3.8, 4) is 17.6 Å². The number of carboxylic acid groups (broad SMARTS) is 1. The number of hydrogen-bond donors (Lipinski definition) is 9. The molecule has 2 heterocycles. The summed E-state index contributed by atoms with van der Waals surface area (Å²) >= 11 is 0. The van der Waals surface area contributed by atoms with Crippen LogP contribution in [0.25, 0.3) is 0 Å². The van der Waals surface area contributed by atoms with Crippen molar-refractivity contribution in [1.82, 2.24) is 10.6 Å². The Balaban J connectivity index is 1.87. The van der Waals surface area contributed by atoms with Gasteiger partial charge in [0.05, 0.1) is 30.5 Å². The molecule has 9 atom stereocenters. The molecule has 9 unspecified atom stereocenters. The van der Waals surface area contributed by atoms with Crippen LogP contribution in [0.1, 0.15) is 133 Å². The Morgan fingerprint density at radius 1 is 1.02 bits per heavy atom. The van der Waals surface area contributed by atoms with Crippen molar-refractivity contribution in [2.24, 2.45) is 5.92 Å². The van der Waals surface area contributed by atoms with Crippen molar-refractivity contribution in [2.75, 3.05) is 6.61 Å². The van der Waals surface area contributed by atoms with Gasteiger partial charge in [0.25, 0.3) is 0 Å². The molecule has 4 rings (SSSR count). The first-order valence-electron chi connectivity index (χ1n) is 22.1. The standard InChI is InChI=1S/C49H72N2O8/c1-5-7-19-45(55)46(56)28-25-37-24-23-36-14-9-13-35(6-2)41(36)16-10-20-47(49(4,59)31-34-21-26-39(53)27-22-34)51-44(42(37)30-40(54)32-52)18-11-17-43-38(29-48(57)58)15-8-12-33(3)50-43/h9,13-14,21-22,25-28,33,38,40,43-47,50-56,59H,5-8,11-12,15,17-20,23-24,29-32H2,1-4H3,(H,57,58). The fourth-order valence-corrected chi connectivity index (χ4v) is 8.93. The number of carbonyl (C=O) groups is 1. The second kappa shape index (κ2) is 24.0. The summed E-state index contributed by atoms with van der Waals surface area (Å²) < 4.78 is 0. The number of phenolic OH excluding ortho intramolecular Hbond substituents is 1. The van der Waals surface area contributed by atoms with Crippen molar-refractivity contribution in [3.63, 3.8) is 0 Å². The van der Waals surface area contributed by atoms with Crippen LogP contribution in [0.2, 0.25) is 0 Å². The Hall–Kier alpha value is -3.53. The van der Waals surface area contributed by atoms with Gasteiger partial charge >= 0.3 is 5.97 Å². The number of nitrogens with one attached hydrogen (secondary N) is 2. The van der Waals surface area contributed by atoms with Crippen LogP contribution in [0.3, 0.4) is 0 Å². The van der Waals surface area contributed by atoms with E-state index in [0.29, 0.717) is 38.5 Å². The summed E-state index contributed by atoms with van der Waals surface area (Å²) in [6.07, 6.45) is 10.1. The van der Waals surface area contributed by atoms with E-state index in [4.69, 9.17) is 0 Å². The number of allylic oxidation sites excluding steroid dienone is 2. The van der Waals surface area contributed by atoms with Gasteiger partial charge in [-0.2, -0.15) is 0 Å². The monoisotopic (exact) mass is 817 g/mol. The summed E-state index contributed by atoms with van der Waals surface area (Å²) in [7, 11) is 0. The number of aliphatic hydroxyl groups is 5. The average Bonchev–Trinajstić information content (AvgIpc) is 3.37. The maximum absolute atomic E-state index is 12.4. The Morgan fingerprint density at radius 3 is 2.47 bits per heavy atom. The third-order valence-corrected chi connectivity index (χ3v) is 12.4. The van der Waals surface area contributed by atoms with Crippen LogP contribution in [0, 0.1) is 17.8 Å². The SMILES string of the molecule is CCCCC(O)C(O)C=CC1=C(CC(O)CO)C(CCCC2NC(C)CCCC2CC(=O)O)NC(C(C)(O)Cc2ccc(O)cc2)CC#Cc2c(CC)cccc2CC1. The quantitative estimate of drug-likeness (QED) is 0.0734. The zero-order valence-corrected chi connectivity index (χ0v) is 35.9. The number of benzene rings is 2. The van der Waals surface area contributed by atoms with Crippen LogP contribution >= 0.6 is 0 Å². The minimum atomic E-state index is -1.33. The third-order valence-electron chi connectivity index (χ3n) is 12.4. The first kappa shape index (κ1) is 48.1. The summed E-state index contributed by atoms with van der Waals surface area (Å²) in [6, 6.07) is 12.3. The van der Waals surface area contributed by atoms with Gasteiger partial charge in [-0.05, 0) is 118 Å². The van der Waals surface area contributed by atoms with Crippen LogP contribution in [0.5, 0.6) is 5.75 Å². The fourth-order valence-electron chi connectivity index (χ4n) is 8.93. The molecular weight excluding hydrogens is 745 g/mol. The molecule has 0 saturated carbocycles. The summed E-state index contributed by atoms with van der Waals surface area (Å²) in [6.45, 7) is 7.63. The molecule has 0 spiro atoms. The molecule has 59 heavy (non-hydrogen) atoms. The number of phenols is 1. The number of aliphatic hydroxyl groups excluding tert-OH is 4. The molecule has 0 bridgehead atoms. The molecule has 10 heteroatoms. The molecule has 2 aliphatic rings. The Morgan fingerprint density at radius 2 is 1.78 bits per heavy atom. The maximum Gasteiger partial charge on any atom is 0.303 e. The predicted octanol–water partition coefficient (Wildman–Crippen LogP) is 6.26. The highest BCUT2D eigenvalue weighted by molar-refractivity contribution is 5.67. The lowest BCUT2D eigenvalue weighted by molar-refractivity contribution is -0.138. The van der Waals surface area contributed by atoms with E-state index in [1.807, 2.05) is 19.1 Å². The number of aliphatic carboxylic acids is 1. The first-order chi connectivity index (χ1) is 28.2. The molecular formula is C49H72N2O8. The van der Waals surface area contributed by atoms with Gasteiger partial charge in [0, 0.05) is 49.0 Å². The van der Waals surface area contributed by atoms with Gasteiger partial charge in [-0.3, -0.25) is 4.79 Å². The molecule has 0 amide bonds. The van der Waals surface area contributed by atoms with E-state index in [9.17, 15) is 40.5 Å². The summed E-state index contributed by atoms with van der Waals surface area (Å²) in [5.41, 5.74) is 4.37. The van der Waals surface area contributed by atoms with Crippen molar-refractivity contribution in [1.29, 1.82) is 0 Å². The molecule has 0 radical (unpaired) electrons. The summed E-state index contributed by atoms with van der Waals surface area (Å²) in [4.78, 5) is 11.9. The second-order valence-corrected chi connectivity index (χ2v) is 17.3. The van der Waals surface area contributed by atoms with E-state index >= 15 is 0 Å². The third kappa shape index (κ3) is 15.2.